The number of carbonyl (C=O) groups is 1. The van der Waals surface area contributed by atoms with Crippen LogP contribution in [-0.2, 0) is 17.8 Å². The van der Waals surface area contributed by atoms with Crippen molar-refractivity contribution in [2.75, 3.05) is 32.8 Å². The van der Waals surface area contributed by atoms with E-state index in [9.17, 15) is 9.90 Å². The molecule has 2 aliphatic heterocycles. The summed E-state index contributed by atoms with van der Waals surface area (Å²) in [5, 5.41) is 20.5. The lowest BCUT2D eigenvalue weighted by atomic mass is 9.82. The lowest BCUT2D eigenvalue weighted by molar-refractivity contribution is -0.130. The average Bonchev–Trinajstić information content (AvgIpc) is 3.29. The topological polar surface area (TPSA) is 69.6 Å². The Kier molecular flexibility index (Phi) is 5.01. The Morgan fingerprint density at radius 2 is 2.07 bits per heavy atom. The predicted octanol–water partition coefficient (Wildman–Crippen LogP) is 1.65. The molecule has 2 atom stereocenters. The Labute approximate surface area is 163 Å². The minimum atomic E-state index is -0.207. The highest BCUT2D eigenvalue weighted by atomic mass is 32.1. The molecule has 0 bridgehead atoms. The second-order valence-electron chi connectivity index (χ2n) is 7.98. The van der Waals surface area contributed by atoms with E-state index in [1.807, 2.05) is 43.0 Å². The molecule has 2 aliphatic rings. The summed E-state index contributed by atoms with van der Waals surface area (Å²) in [6.45, 7) is 7.99. The van der Waals surface area contributed by atoms with Gasteiger partial charge < -0.3 is 10.0 Å². The normalized spacial score (nSPS) is 25.1. The third-order valence-corrected chi connectivity index (χ3v) is 6.85. The highest BCUT2D eigenvalue weighted by Crippen LogP contribution is 2.42. The standard InChI is InChI=1S/C20H26N4O2S/c1-14-5-3-4-6-16(14)7-19(26)24-9-17-8-23(11-20(17,12-24)13-25)10-18-22-21-15(2)27-18/h3-6,17,25H,7-13H2,1-2H3. The van der Waals surface area contributed by atoms with Gasteiger partial charge in [-0.15, -0.1) is 21.5 Å². The monoisotopic (exact) mass is 386 g/mol. The molecule has 2 fully saturated rings. The first-order valence-electron chi connectivity index (χ1n) is 9.43. The van der Waals surface area contributed by atoms with Crippen LogP contribution in [0.15, 0.2) is 24.3 Å². The zero-order valence-corrected chi connectivity index (χ0v) is 16.7. The quantitative estimate of drug-likeness (QED) is 0.846. The number of aryl methyl sites for hydroxylation is 2. The Morgan fingerprint density at radius 3 is 2.74 bits per heavy atom. The first-order chi connectivity index (χ1) is 13.0. The van der Waals surface area contributed by atoms with Gasteiger partial charge in [-0.05, 0) is 30.9 Å². The van der Waals surface area contributed by atoms with E-state index in [0.29, 0.717) is 18.9 Å². The van der Waals surface area contributed by atoms with Crippen molar-refractivity contribution in [2.24, 2.45) is 11.3 Å². The Balaban J connectivity index is 1.40. The van der Waals surface area contributed by atoms with Crippen molar-refractivity contribution in [2.45, 2.75) is 26.8 Å². The fourth-order valence-electron chi connectivity index (χ4n) is 4.50. The van der Waals surface area contributed by atoms with Crippen LogP contribution in [0.25, 0.3) is 0 Å². The number of carbonyl (C=O) groups excluding carboxylic acids is 1. The molecule has 6 nitrogen and oxygen atoms in total. The highest BCUT2D eigenvalue weighted by molar-refractivity contribution is 7.11. The number of rotatable bonds is 5. The van der Waals surface area contributed by atoms with Gasteiger partial charge in [0.15, 0.2) is 0 Å². The van der Waals surface area contributed by atoms with Crippen LogP contribution in [0.3, 0.4) is 0 Å². The first kappa shape index (κ1) is 18.5. The summed E-state index contributed by atoms with van der Waals surface area (Å²) in [5.41, 5.74) is 2.03. The molecule has 7 heteroatoms. The van der Waals surface area contributed by atoms with Crippen molar-refractivity contribution >= 4 is 17.2 Å². The molecule has 0 saturated carbocycles. The Hall–Kier alpha value is -1.83. The maximum absolute atomic E-state index is 12.8. The maximum Gasteiger partial charge on any atom is 0.227 e. The molecule has 1 aromatic carbocycles. The van der Waals surface area contributed by atoms with E-state index in [1.165, 1.54) is 0 Å². The summed E-state index contributed by atoms with van der Waals surface area (Å²) in [5.74, 6) is 0.482. The smallest absolute Gasteiger partial charge is 0.227 e. The number of aliphatic hydroxyl groups is 1. The Bertz CT molecular complexity index is 839. The summed E-state index contributed by atoms with van der Waals surface area (Å²) in [4.78, 5) is 17.2. The van der Waals surface area contributed by atoms with Gasteiger partial charge in [0.2, 0.25) is 5.91 Å². The number of amides is 1. The molecule has 2 aromatic rings. The zero-order valence-electron chi connectivity index (χ0n) is 15.9. The van der Waals surface area contributed by atoms with E-state index in [-0.39, 0.29) is 17.9 Å². The number of likely N-dealkylation sites (tertiary alicyclic amines) is 2. The van der Waals surface area contributed by atoms with Crippen LogP contribution in [0.4, 0.5) is 0 Å². The molecule has 1 aromatic heterocycles. The minimum absolute atomic E-state index is 0.122. The summed E-state index contributed by atoms with van der Waals surface area (Å²) >= 11 is 1.63. The van der Waals surface area contributed by atoms with Crippen molar-refractivity contribution in [1.29, 1.82) is 0 Å². The number of hydrogen-bond donors (Lipinski definition) is 1. The third-order valence-electron chi connectivity index (χ3n) is 6.03. The Morgan fingerprint density at radius 1 is 1.26 bits per heavy atom. The molecule has 0 spiro atoms. The van der Waals surface area contributed by atoms with Gasteiger partial charge in [-0.25, -0.2) is 0 Å². The number of nitrogens with zero attached hydrogens (tertiary/aromatic N) is 4. The number of benzene rings is 1. The molecular weight excluding hydrogens is 360 g/mol. The van der Waals surface area contributed by atoms with Crippen LogP contribution in [-0.4, -0.2) is 63.8 Å². The van der Waals surface area contributed by atoms with Crippen molar-refractivity contribution < 1.29 is 9.90 Å². The number of aromatic nitrogens is 2. The minimum Gasteiger partial charge on any atom is -0.396 e. The number of aliphatic hydroxyl groups excluding tert-OH is 1. The maximum atomic E-state index is 12.8. The van der Waals surface area contributed by atoms with Crippen molar-refractivity contribution in [3.8, 4) is 0 Å². The molecule has 4 rings (SSSR count). The second-order valence-corrected chi connectivity index (χ2v) is 9.25. The van der Waals surface area contributed by atoms with Gasteiger partial charge in [-0.1, -0.05) is 24.3 Å². The fraction of sp³-hybridized carbons (Fsp3) is 0.550. The van der Waals surface area contributed by atoms with Crippen LogP contribution in [0, 0.1) is 25.2 Å². The van der Waals surface area contributed by atoms with E-state index in [4.69, 9.17) is 0 Å². The van der Waals surface area contributed by atoms with Crippen LogP contribution in [0.1, 0.15) is 21.1 Å². The molecule has 0 aliphatic carbocycles. The SMILES string of the molecule is Cc1nnc(CN2CC3CN(C(=O)Cc4ccccc4C)CC3(CO)C2)s1. The zero-order chi connectivity index (χ0) is 19.0. The van der Waals surface area contributed by atoms with Gasteiger partial charge in [-0.2, -0.15) is 0 Å². The van der Waals surface area contributed by atoms with E-state index in [0.717, 1.165) is 47.3 Å². The molecular formula is C20H26N4O2S. The van der Waals surface area contributed by atoms with Gasteiger partial charge in [0.05, 0.1) is 19.6 Å². The largest absolute Gasteiger partial charge is 0.396 e. The molecule has 27 heavy (non-hydrogen) atoms. The van der Waals surface area contributed by atoms with Gasteiger partial charge in [0.1, 0.15) is 10.0 Å². The second kappa shape index (κ2) is 7.30. The van der Waals surface area contributed by atoms with Gasteiger partial charge >= 0.3 is 0 Å². The van der Waals surface area contributed by atoms with E-state index in [2.05, 4.69) is 15.1 Å². The fourth-order valence-corrected chi connectivity index (χ4v) is 5.25. The number of hydrogen-bond acceptors (Lipinski definition) is 6. The molecule has 3 heterocycles. The number of fused-ring (bicyclic) bond motifs is 1. The van der Waals surface area contributed by atoms with Crippen LogP contribution < -0.4 is 0 Å². The van der Waals surface area contributed by atoms with Gasteiger partial charge in [-0.3, -0.25) is 9.69 Å². The third kappa shape index (κ3) is 3.63. The van der Waals surface area contributed by atoms with Crippen molar-refractivity contribution in [1.82, 2.24) is 20.0 Å². The van der Waals surface area contributed by atoms with Crippen molar-refractivity contribution in [3.05, 3.63) is 45.4 Å². The van der Waals surface area contributed by atoms with Crippen molar-refractivity contribution in [3.63, 3.8) is 0 Å². The van der Waals surface area contributed by atoms with Gasteiger partial charge in [0, 0.05) is 31.6 Å². The molecule has 144 valence electrons. The van der Waals surface area contributed by atoms with E-state index < -0.39 is 0 Å². The molecule has 0 radical (unpaired) electrons. The predicted molar refractivity (Wildman–Crippen MR) is 104 cm³/mol. The summed E-state index contributed by atoms with van der Waals surface area (Å²) in [6, 6.07) is 8.05. The first-order valence-corrected chi connectivity index (χ1v) is 10.3. The van der Waals surface area contributed by atoms with Crippen LogP contribution >= 0.6 is 11.3 Å². The van der Waals surface area contributed by atoms with Crippen LogP contribution in [0.5, 0.6) is 0 Å². The molecule has 2 saturated heterocycles. The molecule has 2 unspecified atom stereocenters. The summed E-state index contributed by atoms with van der Waals surface area (Å²) in [6.07, 6.45) is 0.439. The lowest BCUT2D eigenvalue weighted by Crippen LogP contribution is -2.39. The molecule has 1 amide bonds. The van der Waals surface area contributed by atoms with E-state index >= 15 is 0 Å². The highest BCUT2D eigenvalue weighted by Gasteiger charge is 2.53. The summed E-state index contributed by atoms with van der Waals surface area (Å²) < 4.78 is 0. The van der Waals surface area contributed by atoms with Crippen LogP contribution in [0.2, 0.25) is 0 Å². The molecule has 1 N–H and O–H groups in total. The van der Waals surface area contributed by atoms with E-state index in [1.54, 1.807) is 11.3 Å². The summed E-state index contributed by atoms with van der Waals surface area (Å²) in [7, 11) is 0. The van der Waals surface area contributed by atoms with Gasteiger partial charge in [0.25, 0.3) is 0 Å². The average molecular weight is 387 g/mol. The lowest BCUT2D eigenvalue weighted by Gasteiger charge is -2.27.